The van der Waals surface area contributed by atoms with E-state index in [2.05, 4.69) is 10.1 Å². The summed E-state index contributed by atoms with van der Waals surface area (Å²) in [4.78, 5) is 44.6. The van der Waals surface area contributed by atoms with Crippen molar-refractivity contribution < 1.29 is 27.6 Å². The van der Waals surface area contributed by atoms with E-state index in [1.165, 1.54) is 0 Å². The van der Waals surface area contributed by atoms with E-state index in [1.54, 1.807) is 19.1 Å². The van der Waals surface area contributed by atoms with Crippen molar-refractivity contribution in [3.8, 4) is 28.5 Å². The zero-order valence-corrected chi connectivity index (χ0v) is 25.9. The number of nitrogens with one attached hydrogen (secondary N) is 1. The van der Waals surface area contributed by atoms with Gasteiger partial charge in [0.05, 0.1) is 29.7 Å². The SMILES string of the molecule is CCOc1nc2cccc(C(=O)OC3(Cc4oc(=O)oc4C)CCCC3)c2n1Cc1ccc(-c2ccccc2-c2noc(=O)[nH]2)cc1. The van der Waals surface area contributed by atoms with Gasteiger partial charge in [-0.05, 0) is 68.4 Å². The largest absolute Gasteiger partial charge is 0.519 e. The Morgan fingerprint density at radius 3 is 2.43 bits per heavy atom. The molecule has 47 heavy (non-hydrogen) atoms. The Hall–Kier alpha value is -5.65. The molecule has 6 aromatic rings. The number of nitrogens with zero attached hydrogens (tertiary/aromatic N) is 3. The van der Waals surface area contributed by atoms with E-state index in [0.29, 0.717) is 65.9 Å². The summed E-state index contributed by atoms with van der Waals surface area (Å²) in [6, 6.07) is 21.3. The van der Waals surface area contributed by atoms with Gasteiger partial charge in [-0.15, -0.1) is 0 Å². The second-order valence-electron chi connectivity index (χ2n) is 11.7. The molecule has 0 radical (unpaired) electrons. The lowest BCUT2D eigenvalue weighted by atomic mass is 9.95. The molecule has 0 saturated heterocycles. The summed E-state index contributed by atoms with van der Waals surface area (Å²) in [5, 5.41) is 3.85. The molecule has 12 nitrogen and oxygen atoms in total. The topological polar surface area (TPSA) is 156 Å². The Bertz CT molecular complexity index is 2180. The number of carbonyl (C=O) groups is 1. The molecule has 0 spiro atoms. The van der Waals surface area contributed by atoms with Crippen LogP contribution in [-0.2, 0) is 17.7 Å². The van der Waals surface area contributed by atoms with Crippen molar-refractivity contribution in [2.75, 3.05) is 6.61 Å². The first-order chi connectivity index (χ1) is 22.8. The molecular formula is C35H32N4O8. The number of para-hydroxylation sites is 1. The molecule has 3 aromatic heterocycles. The van der Waals surface area contributed by atoms with Crippen LogP contribution in [0.4, 0.5) is 0 Å². The number of ether oxygens (including phenoxy) is 2. The van der Waals surface area contributed by atoms with E-state index in [4.69, 9.17) is 27.8 Å². The zero-order chi connectivity index (χ0) is 32.5. The van der Waals surface area contributed by atoms with Crippen LogP contribution in [0.25, 0.3) is 33.5 Å². The lowest BCUT2D eigenvalue weighted by Crippen LogP contribution is -2.35. The van der Waals surface area contributed by atoms with Crippen LogP contribution < -0.4 is 16.3 Å². The van der Waals surface area contributed by atoms with Gasteiger partial charge in [-0.25, -0.2) is 14.4 Å². The van der Waals surface area contributed by atoms with E-state index in [0.717, 1.165) is 35.1 Å². The van der Waals surface area contributed by atoms with Gasteiger partial charge in [-0.3, -0.25) is 14.1 Å². The number of imidazole rings is 1. The fraction of sp³-hybridized carbons (Fsp3) is 0.286. The molecule has 12 heteroatoms. The number of carbonyl (C=O) groups excluding carboxylic acids is 1. The average Bonchev–Trinajstić information content (AvgIpc) is 3.85. The Labute approximate surface area is 267 Å². The van der Waals surface area contributed by atoms with Crippen LogP contribution in [0.3, 0.4) is 0 Å². The lowest BCUT2D eigenvalue weighted by molar-refractivity contribution is -0.0172. The highest BCUT2D eigenvalue weighted by atomic mass is 16.6. The highest BCUT2D eigenvalue weighted by Gasteiger charge is 2.40. The van der Waals surface area contributed by atoms with Crippen molar-refractivity contribution >= 4 is 17.0 Å². The highest BCUT2D eigenvalue weighted by Crippen LogP contribution is 2.38. The van der Waals surface area contributed by atoms with Crippen LogP contribution in [0, 0.1) is 6.92 Å². The number of aromatic amines is 1. The minimum absolute atomic E-state index is 0.262. The van der Waals surface area contributed by atoms with E-state index in [1.807, 2.05) is 66.1 Å². The molecule has 1 fully saturated rings. The van der Waals surface area contributed by atoms with Crippen LogP contribution in [0.15, 0.2) is 89.7 Å². The molecule has 7 rings (SSSR count). The van der Waals surface area contributed by atoms with E-state index < -0.39 is 23.1 Å². The van der Waals surface area contributed by atoms with Crippen LogP contribution in [0.5, 0.6) is 6.01 Å². The molecule has 1 N–H and O–H groups in total. The molecule has 0 aliphatic heterocycles. The van der Waals surface area contributed by atoms with Gasteiger partial charge in [0.2, 0.25) is 0 Å². The minimum atomic E-state index is -0.817. The molecule has 1 aliphatic rings. The number of hydrogen-bond donors (Lipinski definition) is 1. The molecule has 0 amide bonds. The van der Waals surface area contributed by atoms with Gasteiger partial charge in [0.1, 0.15) is 11.4 Å². The van der Waals surface area contributed by atoms with Crippen molar-refractivity contribution in [1.82, 2.24) is 19.7 Å². The molecule has 240 valence electrons. The average molecular weight is 637 g/mol. The predicted octanol–water partition coefficient (Wildman–Crippen LogP) is 6.06. The Balaban J connectivity index is 1.21. The molecule has 1 aliphatic carbocycles. The number of aromatic nitrogens is 4. The van der Waals surface area contributed by atoms with Crippen molar-refractivity contribution in [2.45, 2.75) is 58.1 Å². The predicted molar refractivity (Wildman–Crippen MR) is 170 cm³/mol. The van der Waals surface area contributed by atoms with Crippen molar-refractivity contribution in [2.24, 2.45) is 0 Å². The summed E-state index contributed by atoms with van der Waals surface area (Å²) >= 11 is 0. The van der Waals surface area contributed by atoms with Gasteiger partial charge in [-0.2, -0.15) is 4.98 Å². The molecule has 0 atom stereocenters. The number of aryl methyl sites for hydroxylation is 1. The first-order valence-electron chi connectivity index (χ1n) is 15.5. The van der Waals surface area contributed by atoms with Crippen LogP contribution in [0.1, 0.15) is 60.0 Å². The molecule has 3 heterocycles. The summed E-state index contributed by atoms with van der Waals surface area (Å²) in [5.74, 6) is -0.732. The Kier molecular flexibility index (Phi) is 7.84. The number of rotatable bonds is 10. The number of esters is 1. The third-order valence-corrected chi connectivity index (χ3v) is 8.60. The molecule has 3 aromatic carbocycles. The number of fused-ring (bicyclic) bond motifs is 1. The summed E-state index contributed by atoms with van der Waals surface area (Å²) in [6.45, 7) is 4.32. The molecule has 0 unspecified atom stereocenters. The number of benzene rings is 3. The minimum Gasteiger partial charge on any atom is -0.465 e. The lowest BCUT2D eigenvalue weighted by Gasteiger charge is -2.28. The number of hydrogen-bond acceptors (Lipinski definition) is 10. The fourth-order valence-corrected chi connectivity index (χ4v) is 6.39. The van der Waals surface area contributed by atoms with E-state index in [-0.39, 0.29) is 6.42 Å². The third-order valence-electron chi connectivity index (χ3n) is 8.60. The van der Waals surface area contributed by atoms with Crippen LogP contribution in [0.2, 0.25) is 0 Å². The maximum Gasteiger partial charge on any atom is 0.519 e. The summed E-state index contributed by atoms with van der Waals surface area (Å²) in [5.41, 5.74) is 4.23. The maximum atomic E-state index is 14.0. The summed E-state index contributed by atoms with van der Waals surface area (Å²) in [7, 11) is 0. The Morgan fingerprint density at radius 1 is 0.979 bits per heavy atom. The quantitative estimate of drug-likeness (QED) is 0.175. The van der Waals surface area contributed by atoms with Gasteiger partial charge in [0.25, 0.3) is 6.01 Å². The third kappa shape index (κ3) is 5.89. The highest BCUT2D eigenvalue weighted by molar-refractivity contribution is 6.02. The number of H-pyrrole nitrogens is 1. The smallest absolute Gasteiger partial charge is 0.465 e. The van der Waals surface area contributed by atoms with Crippen molar-refractivity contribution in [1.29, 1.82) is 0 Å². The summed E-state index contributed by atoms with van der Waals surface area (Å²) in [6.07, 6.45) is 3.34. The monoisotopic (exact) mass is 636 g/mol. The van der Waals surface area contributed by atoms with Gasteiger partial charge in [0.15, 0.2) is 11.6 Å². The van der Waals surface area contributed by atoms with E-state index in [9.17, 15) is 14.4 Å². The van der Waals surface area contributed by atoms with Crippen LogP contribution in [-0.4, -0.2) is 37.9 Å². The normalized spacial score (nSPS) is 14.1. The molecule has 0 bridgehead atoms. The van der Waals surface area contributed by atoms with Crippen LogP contribution >= 0.6 is 0 Å². The van der Waals surface area contributed by atoms with Gasteiger partial charge in [-0.1, -0.05) is 59.8 Å². The standard InChI is InChI=1S/C35H32N4O8/c1-3-43-32-36-27-12-8-11-26(31(40)46-35(17-6-7-18-35)19-28-21(2)44-34(42)45-28)29(27)39(32)20-22-13-15-23(16-14-22)24-9-4-5-10-25(24)30-37-33(41)47-38-30/h4-5,8-16H,3,6-7,17-20H2,1-2H3,(H,37,38,41). The Morgan fingerprint density at radius 2 is 1.74 bits per heavy atom. The first-order valence-corrected chi connectivity index (χ1v) is 15.5. The second-order valence-corrected chi connectivity index (χ2v) is 11.7. The van der Waals surface area contributed by atoms with Gasteiger partial charge >= 0.3 is 17.5 Å². The second kappa shape index (κ2) is 12.3. The van der Waals surface area contributed by atoms with Crippen molar-refractivity contribution in [3.05, 3.63) is 111 Å². The van der Waals surface area contributed by atoms with Crippen molar-refractivity contribution in [3.63, 3.8) is 0 Å². The van der Waals surface area contributed by atoms with Gasteiger partial charge in [0, 0.05) is 12.0 Å². The zero-order valence-electron chi connectivity index (χ0n) is 25.9. The van der Waals surface area contributed by atoms with E-state index >= 15 is 0 Å². The fourth-order valence-electron chi connectivity index (χ4n) is 6.39. The maximum absolute atomic E-state index is 14.0. The molecule has 1 saturated carbocycles. The molecular weight excluding hydrogens is 604 g/mol. The van der Waals surface area contributed by atoms with Gasteiger partial charge < -0.3 is 18.3 Å². The first kappa shape index (κ1) is 30.0. The summed E-state index contributed by atoms with van der Waals surface area (Å²) < 4.78 is 29.2.